The van der Waals surface area contributed by atoms with Gasteiger partial charge in [-0.05, 0) is 12.1 Å². The Labute approximate surface area is 129 Å². The topological polar surface area (TPSA) is 52.5 Å². The maximum Gasteiger partial charge on any atom is 1.00 e. The summed E-state index contributed by atoms with van der Waals surface area (Å²) in [7, 11) is -3.00. The fourth-order valence-corrected chi connectivity index (χ4v) is 0.754. The summed E-state index contributed by atoms with van der Waals surface area (Å²) in [5.74, 6) is 0. The number of para-hydroxylation sites is 1. The predicted molar refractivity (Wildman–Crippen MR) is 72.0 cm³/mol. The second kappa shape index (κ2) is 10.9. The summed E-state index contributed by atoms with van der Waals surface area (Å²) in [6.45, 7) is 4.14. The first-order valence-corrected chi connectivity index (χ1v) is 7.66. The number of hydrogen-bond acceptors (Lipinski definition) is 3. The van der Waals surface area contributed by atoms with Crippen LogP contribution in [0.5, 0.6) is 0 Å². The summed E-state index contributed by atoms with van der Waals surface area (Å²) in [4.78, 5) is 0. The van der Waals surface area contributed by atoms with Gasteiger partial charge in [-0.2, -0.15) is 6.42 Å². The molecule has 86 valence electrons. The van der Waals surface area contributed by atoms with E-state index in [1.54, 1.807) is 0 Å². The van der Waals surface area contributed by atoms with Gasteiger partial charge in [0.25, 0.3) is 0 Å². The number of benzene rings is 1. The van der Waals surface area contributed by atoms with Gasteiger partial charge in [0.2, 0.25) is 0 Å². The van der Waals surface area contributed by atoms with Gasteiger partial charge in [0.1, 0.15) is 7.71 Å². The van der Waals surface area contributed by atoms with Crippen molar-refractivity contribution in [1.29, 1.82) is 0 Å². The van der Waals surface area contributed by atoms with Crippen molar-refractivity contribution in [1.82, 2.24) is 0 Å². The average Bonchev–Trinajstić information content (AvgIpc) is 2.14. The Morgan fingerprint density at radius 3 is 2.06 bits per heavy atom. The van der Waals surface area contributed by atoms with Crippen molar-refractivity contribution in [2.45, 2.75) is 13.3 Å². The Bertz CT molecular complexity index is 348. The molecule has 1 aromatic carbocycles. The van der Waals surface area contributed by atoms with E-state index in [4.69, 9.17) is 9.11 Å². The summed E-state index contributed by atoms with van der Waals surface area (Å²) in [6, 6.07) is 10.1. The van der Waals surface area contributed by atoms with Crippen molar-refractivity contribution >= 4 is 35.8 Å². The van der Waals surface area contributed by atoms with Crippen LogP contribution < -0.4 is 34.9 Å². The van der Waals surface area contributed by atoms with Crippen molar-refractivity contribution in [2.75, 3.05) is 5.32 Å². The molecule has 0 unspecified atom stereocenters. The molecule has 0 bridgehead atoms. The molecule has 0 amide bonds. The van der Waals surface area contributed by atoms with Gasteiger partial charge in [-0.25, -0.2) is 6.54 Å². The molecule has 0 aliphatic rings. The van der Waals surface area contributed by atoms with Gasteiger partial charge in [-0.1, -0.05) is 25.1 Å². The van der Waals surface area contributed by atoms with Crippen LogP contribution in [0.1, 0.15) is 13.3 Å². The van der Waals surface area contributed by atoms with E-state index in [9.17, 15) is 0 Å². The van der Waals surface area contributed by atoms with E-state index in [0.717, 1.165) is 12.1 Å². The molecule has 16 heavy (non-hydrogen) atoms. The van der Waals surface area contributed by atoms with E-state index in [-0.39, 0.29) is 29.6 Å². The molecule has 0 fully saturated rings. The average molecular weight is 287 g/mol. The SMILES string of the molecule is CC[CH-]Nc1ccccc1.OS(O)(=S)=S.[Na+]. The molecule has 0 aromatic heterocycles. The molecular weight excluding hydrogens is 273 g/mol. The second-order valence-corrected chi connectivity index (χ2v) is 6.89. The zero-order valence-corrected chi connectivity index (χ0v) is 13.7. The van der Waals surface area contributed by atoms with Crippen LogP contribution in [0.4, 0.5) is 5.69 Å². The molecule has 0 radical (unpaired) electrons. The van der Waals surface area contributed by atoms with Crippen LogP contribution in [0.3, 0.4) is 0 Å². The molecule has 0 atom stereocenters. The molecule has 0 aliphatic carbocycles. The Morgan fingerprint density at radius 2 is 1.69 bits per heavy atom. The number of anilines is 1. The standard InChI is InChI=1S/C9H12N.Na.H2O2S3/c1-2-8-10-9-6-4-3-5-7-9;;1-5(2,3)4/h3-8,10H,2H2,1H3;;(H2,1,2,3,4)/q-1;+1;. The maximum absolute atomic E-state index is 7.79. The first kappa shape index (κ1) is 19.1. The van der Waals surface area contributed by atoms with Crippen LogP contribution in [-0.4, -0.2) is 9.11 Å². The van der Waals surface area contributed by atoms with Crippen molar-refractivity contribution in [2.24, 2.45) is 0 Å². The summed E-state index contributed by atoms with van der Waals surface area (Å²) in [5.41, 5.74) is 1.16. The van der Waals surface area contributed by atoms with E-state index < -0.39 is 7.71 Å². The van der Waals surface area contributed by atoms with Crippen molar-refractivity contribution < 1.29 is 38.7 Å². The fourth-order valence-electron chi connectivity index (χ4n) is 0.754. The molecule has 0 saturated heterocycles. The quantitative estimate of drug-likeness (QED) is 0.526. The third-order valence-corrected chi connectivity index (χ3v) is 1.25. The molecule has 1 aromatic rings. The number of hydrogen-bond donors (Lipinski definition) is 3. The Morgan fingerprint density at radius 1 is 1.25 bits per heavy atom. The van der Waals surface area contributed by atoms with Crippen molar-refractivity contribution in [3.05, 3.63) is 36.9 Å². The summed E-state index contributed by atoms with van der Waals surface area (Å²) in [5, 5.41) is 3.17. The molecule has 0 spiro atoms. The second-order valence-electron chi connectivity index (χ2n) is 2.57. The molecule has 0 aliphatic heterocycles. The summed E-state index contributed by atoms with van der Waals surface area (Å²) in [6.07, 6.45) is 1.05. The van der Waals surface area contributed by atoms with Gasteiger partial charge in [-0.3, -0.25) is 0 Å². The molecule has 3 nitrogen and oxygen atoms in total. The third-order valence-electron chi connectivity index (χ3n) is 1.25. The van der Waals surface area contributed by atoms with Gasteiger partial charge < -0.3 is 14.4 Å². The Balaban J connectivity index is 0. The van der Waals surface area contributed by atoms with Crippen LogP contribution in [-0.2, 0) is 30.1 Å². The van der Waals surface area contributed by atoms with Crippen LogP contribution in [0.25, 0.3) is 0 Å². The zero-order chi connectivity index (χ0) is 11.7. The van der Waals surface area contributed by atoms with E-state index in [0.29, 0.717) is 0 Å². The Hall–Kier alpha value is 0.730. The predicted octanol–water partition coefficient (Wildman–Crippen LogP) is -0.316. The molecule has 7 heteroatoms. The monoisotopic (exact) mass is 287 g/mol. The van der Waals surface area contributed by atoms with Crippen LogP contribution in [0, 0.1) is 6.54 Å². The molecular formula is C9H14NNaO2S3. The van der Waals surface area contributed by atoms with Gasteiger partial charge in [-0.15, -0.1) is 0 Å². The first-order chi connectivity index (χ1) is 6.93. The third kappa shape index (κ3) is 17.1. The van der Waals surface area contributed by atoms with Gasteiger partial charge in [0.05, 0.1) is 0 Å². The van der Waals surface area contributed by atoms with Gasteiger partial charge >= 0.3 is 29.6 Å². The normalized spacial score (nSPS) is 9.44. The minimum absolute atomic E-state index is 0. The first-order valence-electron chi connectivity index (χ1n) is 4.26. The minimum atomic E-state index is -3.00. The number of rotatable bonds is 3. The van der Waals surface area contributed by atoms with Crippen LogP contribution >= 0.6 is 0 Å². The molecule has 1 rings (SSSR count). The van der Waals surface area contributed by atoms with Crippen LogP contribution in [0.15, 0.2) is 30.3 Å². The fraction of sp³-hybridized carbons (Fsp3) is 0.222. The maximum atomic E-state index is 7.79. The number of nitrogens with one attached hydrogen (secondary N) is 1. The molecule has 0 saturated carbocycles. The summed E-state index contributed by atoms with van der Waals surface area (Å²) < 4.78 is 15.6. The molecule has 0 heterocycles. The van der Waals surface area contributed by atoms with Gasteiger partial charge in [0, 0.05) is 28.1 Å². The Kier molecular flexibility index (Phi) is 12.9. The zero-order valence-electron chi connectivity index (χ0n) is 9.29. The minimum Gasteiger partial charge on any atom is -0.535 e. The van der Waals surface area contributed by atoms with Gasteiger partial charge in [0.15, 0.2) is 0 Å². The smallest absolute Gasteiger partial charge is 0.535 e. The van der Waals surface area contributed by atoms with E-state index in [1.165, 1.54) is 0 Å². The largest absolute Gasteiger partial charge is 1.00 e. The van der Waals surface area contributed by atoms with Crippen molar-refractivity contribution in [3.63, 3.8) is 0 Å². The van der Waals surface area contributed by atoms with E-state index in [2.05, 4.69) is 34.6 Å². The van der Waals surface area contributed by atoms with E-state index >= 15 is 0 Å². The summed E-state index contributed by atoms with van der Waals surface area (Å²) >= 11 is 7.67. The molecule has 3 N–H and O–H groups in total. The van der Waals surface area contributed by atoms with E-state index in [1.807, 2.05) is 36.9 Å². The van der Waals surface area contributed by atoms with Crippen LogP contribution in [0.2, 0.25) is 0 Å². The van der Waals surface area contributed by atoms with Crippen molar-refractivity contribution in [3.8, 4) is 0 Å².